The van der Waals surface area contributed by atoms with Gasteiger partial charge in [0.25, 0.3) is 0 Å². The maximum absolute atomic E-state index is 9.90. The molecule has 0 saturated carbocycles. The highest BCUT2D eigenvalue weighted by Crippen LogP contribution is 2.05. The molecule has 0 saturated heterocycles. The zero-order valence-corrected chi connectivity index (χ0v) is 6.13. The molecule has 0 fully saturated rings. The molecule has 0 aliphatic rings. The first kappa shape index (κ1) is 7.21. The molecule has 0 amide bonds. The lowest BCUT2D eigenvalue weighted by Crippen LogP contribution is -2.02. The smallest absolute Gasteiger partial charge is 0.207 e. The predicted molar refractivity (Wildman–Crippen MR) is 39.9 cm³/mol. The monoisotopic (exact) mass is 157 g/mol. The largest absolute Gasteiger partial charge is 0.265 e. The second-order valence-electron chi connectivity index (χ2n) is 1.94. The van der Waals surface area contributed by atoms with Crippen molar-refractivity contribution in [1.29, 1.82) is 0 Å². The summed E-state index contributed by atoms with van der Waals surface area (Å²) in [5.74, 6) is 0. The van der Waals surface area contributed by atoms with Crippen LogP contribution < -0.4 is 0 Å². The zero-order chi connectivity index (χ0) is 7.40. The van der Waals surface area contributed by atoms with Crippen LogP contribution >= 0.6 is 11.3 Å². The molecule has 0 aliphatic heterocycles. The van der Waals surface area contributed by atoms with Crippen LogP contribution in [0.4, 0.5) is 0 Å². The molecule has 0 atom stereocenters. The Morgan fingerprint density at radius 2 is 2.50 bits per heavy atom. The van der Waals surface area contributed by atoms with Crippen molar-refractivity contribution in [3.8, 4) is 0 Å². The zero-order valence-electron chi connectivity index (χ0n) is 5.32. The molecular weight excluding hydrogens is 150 g/mol. The van der Waals surface area contributed by atoms with E-state index in [1.54, 1.807) is 11.3 Å². The highest BCUT2D eigenvalue weighted by molar-refractivity contribution is 7.07. The summed E-state index contributed by atoms with van der Waals surface area (Å²) in [6, 6.07) is 1.91. The first-order valence-corrected chi connectivity index (χ1v) is 3.86. The third kappa shape index (κ3) is 2.14. The summed E-state index contributed by atoms with van der Waals surface area (Å²) < 4.78 is 0. The van der Waals surface area contributed by atoms with E-state index in [4.69, 9.17) is 0 Å². The van der Waals surface area contributed by atoms with Crippen LogP contribution in [-0.4, -0.2) is 11.5 Å². The van der Waals surface area contributed by atoms with Crippen molar-refractivity contribution < 1.29 is 4.92 Å². The maximum Gasteiger partial charge on any atom is 0.207 e. The summed E-state index contributed by atoms with van der Waals surface area (Å²) in [6.45, 7) is 0.0384. The van der Waals surface area contributed by atoms with Gasteiger partial charge in [-0.05, 0) is 22.4 Å². The first-order valence-electron chi connectivity index (χ1n) is 2.92. The van der Waals surface area contributed by atoms with Crippen LogP contribution in [0.1, 0.15) is 5.56 Å². The molecule has 0 unspecified atom stereocenters. The minimum atomic E-state index is -0.294. The van der Waals surface area contributed by atoms with E-state index in [0.717, 1.165) is 5.56 Å². The van der Waals surface area contributed by atoms with E-state index in [1.807, 2.05) is 16.8 Å². The molecule has 0 spiro atoms. The van der Waals surface area contributed by atoms with Gasteiger partial charge < -0.3 is 0 Å². The Kier molecular flexibility index (Phi) is 2.39. The maximum atomic E-state index is 9.90. The van der Waals surface area contributed by atoms with Gasteiger partial charge in [0.2, 0.25) is 6.54 Å². The van der Waals surface area contributed by atoms with Crippen LogP contribution in [0, 0.1) is 10.1 Å². The number of nitrogens with zero attached hydrogens (tertiary/aromatic N) is 1. The normalized spacial score (nSPS) is 9.60. The van der Waals surface area contributed by atoms with Crippen LogP contribution in [0.2, 0.25) is 0 Å². The summed E-state index contributed by atoms with van der Waals surface area (Å²) in [5.41, 5.74) is 1.06. The fraction of sp³-hybridized carbons (Fsp3) is 0.333. The quantitative estimate of drug-likeness (QED) is 0.493. The molecule has 0 aromatic carbocycles. The van der Waals surface area contributed by atoms with Gasteiger partial charge in [0.1, 0.15) is 0 Å². The van der Waals surface area contributed by atoms with Crippen molar-refractivity contribution in [2.45, 2.75) is 6.42 Å². The van der Waals surface area contributed by atoms with Gasteiger partial charge in [-0.15, -0.1) is 0 Å². The number of hydrogen-bond donors (Lipinski definition) is 0. The lowest BCUT2D eigenvalue weighted by Gasteiger charge is -1.88. The molecule has 54 valence electrons. The molecule has 4 heteroatoms. The third-order valence-corrected chi connectivity index (χ3v) is 1.90. The number of rotatable bonds is 3. The summed E-state index contributed by atoms with van der Waals surface area (Å²) >= 11 is 1.57. The highest BCUT2D eigenvalue weighted by Gasteiger charge is 1.98. The van der Waals surface area contributed by atoms with Crippen molar-refractivity contribution in [2.24, 2.45) is 0 Å². The Morgan fingerprint density at radius 3 is 3.00 bits per heavy atom. The molecule has 10 heavy (non-hydrogen) atoms. The van der Waals surface area contributed by atoms with E-state index in [1.165, 1.54) is 0 Å². The van der Waals surface area contributed by atoms with Crippen LogP contribution in [0.25, 0.3) is 0 Å². The standard InChI is InChI=1S/C6H7NO2S/c8-7(9)3-1-6-2-4-10-5-6/h2,4-5H,1,3H2. The van der Waals surface area contributed by atoms with E-state index >= 15 is 0 Å². The van der Waals surface area contributed by atoms with Gasteiger partial charge in [-0.25, -0.2) is 0 Å². The molecule has 1 aromatic heterocycles. The third-order valence-electron chi connectivity index (χ3n) is 1.16. The topological polar surface area (TPSA) is 43.1 Å². The minimum absolute atomic E-state index is 0.0384. The molecule has 1 rings (SSSR count). The van der Waals surface area contributed by atoms with Gasteiger partial charge in [-0.1, -0.05) is 0 Å². The summed E-state index contributed by atoms with van der Waals surface area (Å²) in [5, 5.41) is 13.8. The van der Waals surface area contributed by atoms with Crippen LogP contribution in [0.3, 0.4) is 0 Å². The summed E-state index contributed by atoms with van der Waals surface area (Å²) in [4.78, 5) is 9.61. The SMILES string of the molecule is O=[N+]([O-])CCc1ccsc1. The van der Waals surface area contributed by atoms with Crippen molar-refractivity contribution >= 4 is 11.3 Å². The second kappa shape index (κ2) is 3.31. The Hall–Kier alpha value is -0.900. The molecule has 0 radical (unpaired) electrons. The van der Waals surface area contributed by atoms with Gasteiger partial charge >= 0.3 is 0 Å². The van der Waals surface area contributed by atoms with Gasteiger partial charge in [0.15, 0.2) is 0 Å². The van der Waals surface area contributed by atoms with Gasteiger partial charge in [-0.2, -0.15) is 11.3 Å². The summed E-state index contributed by atoms with van der Waals surface area (Å²) in [6.07, 6.45) is 0.552. The van der Waals surface area contributed by atoms with Crippen molar-refractivity contribution in [1.82, 2.24) is 0 Å². The predicted octanol–water partition coefficient (Wildman–Crippen LogP) is 1.57. The first-order chi connectivity index (χ1) is 4.79. The van der Waals surface area contributed by atoms with Gasteiger partial charge in [-0.3, -0.25) is 10.1 Å². The molecular formula is C6H7NO2S. The molecule has 1 heterocycles. The Morgan fingerprint density at radius 1 is 1.70 bits per heavy atom. The van der Waals surface area contributed by atoms with Gasteiger partial charge in [0.05, 0.1) is 0 Å². The molecule has 0 aliphatic carbocycles. The number of hydrogen-bond acceptors (Lipinski definition) is 3. The van der Waals surface area contributed by atoms with Crippen molar-refractivity contribution in [3.63, 3.8) is 0 Å². The van der Waals surface area contributed by atoms with E-state index in [-0.39, 0.29) is 11.5 Å². The van der Waals surface area contributed by atoms with Crippen LogP contribution in [-0.2, 0) is 6.42 Å². The highest BCUT2D eigenvalue weighted by atomic mass is 32.1. The Bertz CT molecular complexity index is 208. The van der Waals surface area contributed by atoms with Crippen LogP contribution in [0.5, 0.6) is 0 Å². The number of nitro groups is 1. The average molecular weight is 157 g/mol. The lowest BCUT2D eigenvalue weighted by atomic mass is 10.2. The summed E-state index contributed by atoms with van der Waals surface area (Å²) in [7, 11) is 0. The average Bonchev–Trinajstić information content (AvgIpc) is 2.34. The van der Waals surface area contributed by atoms with Crippen molar-refractivity contribution in [2.75, 3.05) is 6.54 Å². The number of thiophene rings is 1. The van der Waals surface area contributed by atoms with E-state index in [0.29, 0.717) is 6.42 Å². The van der Waals surface area contributed by atoms with Gasteiger partial charge in [0, 0.05) is 11.3 Å². The van der Waals surface area contributed by atoms with Crippen LogP contribution in [0.15, 0.2) is 16.8 Å². The minimum Gasteiger partial charge on any atom is -0.265 e. The van der Waals surface area contributed by atoms with E-state index in [2.05, 4.69) is 0 Å². The molecule has 0 N–H and O–H groups in total. The Balaban J connectivity index is 2.35. The van der Waals surface area contributed by atoms with Crippen molar-refractivity contribution in [3.05, 3.63) is 32.5 Å². The molecule has 1 aromatic rings. The molecule has 3 nitrogen and oxygen atoms in total. The molecule has 0 bridgehead atoms. The fourth-order valence-electron chi connectivity index (χ4n) is 0.655. The fourth-order valence-corrected chi connectivity index (χ4v) is 1.36. The van der Waals surface area contributed by atoms with E-state index in [9.17, 15) is 10.1 Å². The van der Waals surface area contributed by atoms with E-state index < -0.39 is 0 Å². The lowest BCUT2D eigenvalue weighted by molar-refractivity contribution is -0.479. The Labute approximate surface area is 62.5 Å². The second-order valence-corrected chi connectivity index (χ2v) is 2.72.